The number of halogens is 2. The summed E-state index contributed by atoms with van der Waals surface area (Å²) in [6, 6.07) is 13.0. The third-order valence-corrected chi connectivity index (χ3v) is 8.90. The molecule has 1 heterocycles. The fourth-order valence-corrected chi connectivity index (χ4v) is 6.83. The molecule has 0 N–H and O–H groups in total. The molecule has 0 saturated heterocycles. The minimum atomic E-state index is -0.695. The molecule has 1 aromatic heterocycles. The lowest BCUT2D eigenvalue weighted by Gasteiger charge is -2.28. The van der Waals surface area contributed by atoms with E-state index >= 15 is 0 Å². The zero-order valence-electron chi connectivity index (χ0n) is 19.5. The Balaban J connectivity index is 1.60. The summed E-state index contributed by atoms with van der Waals surface area (Å²) in [6.45, 7) is 4.58. The molecule has 32 heavy (non-hydrogen) atoms. The molecule has 5 heteroatoms. The van der Waals surface area contributed by atoms with Gasteiger partial charge in [-0.05, 0) is 73.6 Å². The Morgan fingerprint density at radius 3 is 2.59 bits per heavy atom. The summed E-state index contributed by atoms with van der Waals surface area (Å²) in [5, 5.41) is 0. The molecule has 0 spiro atoms. The number of hydrogen-bond acceptors (Lipinski definition) is 3. The van der Waals surface area contributed by atoms with Crippen molar-refractivity contribution >= 4 is 40.5 Å². The molecule has 0 radical (unpaired) electrons. The highest BCUT2D eigenvalue weighted by atomic mass is 35.5. The number of alkyl halides is 2. The summed E-state index contributed by atoms with van der Waals surface area (Å²) < 4.78 is 4.12. The lowest BCUT2D eigenvalue weighted by molar-refractivity contribution is 0.0606. The Hall–Kier alpha value is -1.03. The third-order valence-electron chi connectivity index (χ3n) is 6.93. The lowest BCUT2D eigenvalue weighted by Crippen LogP contribution is -2.21. The van der Waals surface area contributed by atoms with Gasteiger partial charge in [-0.15, -0.1) is 34.5 Å². The number of hydrogen-bond donors (Lipinski definition) is 0. The van der Waals surface area contributed by atoms with Crippen molar-refractivity contribution < 1.29 is 9.53 Å². The summed E-state index contributed by atoms with van der Waals surface area (Å²) in [7, 11) is 1.42. The van der Waals surface area contributed by atoms with E-state index in [1.165, 1.54) is 60.1 Å². The number of methoxy groups -OCH3 is 1. The van der Waals surface area contributed by atoms with Crippen molar-refractivity contribution in [2.45, 2.75) is 87.8 Å². The van der Waals surface area contributed by atoms with Crippen LogP contribution in [-0.4, -0.2) is 17.4 Å². The Kier molecular flexibility index (Phi) is 9.52. The topological polar surface area (TPSA) is 26.3 Å². The Labute approximate surface area is 207 Å². The molecule has 1 aliphatic carbocycles. The summed E-state index contributed by atoms with van der Waals surface area (Å²) in [6.07, 6.45) is 10.1. The number of aryl methyl sites for hydroxylation is 1. The van der Waals surface area contributed by atoms with E-state index in [9.17, 15) is 4.79 Å². The van der Waals surface area contributed by atoms with Gasteiger partial charge in [0.2, 0.25) is 0 Å². The van der Waals surface area contributed by atoms with Crippen LogP contribution in [0.15, 0.2) is 36.4 Å². The second kappa shape index (κ2) is 11.9. The second-order valence-electron chi connectivity index (χ2n) is 9.25. The van der Waals surface area contributed by atoms with E-state index in [1.807, 2.05) is 12.1 Å². The van der Waals surface area contributed by atoms with Gasteiger partial charge in [-0.1, -0.05) is 57.4 Å². The monoisotopic (exact) mass is 494 g/mol. The van der Waals surface area contributed by atoms with Crippen molar-refractivity contribution in [3.63, 3.8) is 0 Å². The first-order valence-corrected chi connectivity index (χ1v) is 13.6. The van der Waals surface area contributed by atoms with Crippen molar-refractivity contribution in [2.24, 2.45) is 5.92 Å². The van der Waals surface area contributed by atoms with Gasteiger partial charge in [0.05, 0.1) is 7.11 Å². The predicted molar refractivity (Wildman–Crippen MR) is 137 cm³/mol. The number of carbonyl (C=O) groups is 1. The highest BCUT2D eigenvalue weighted by Gasteiger charge is 2.46. The maximum atomic E-state index is 11.7. The van der Waals surface area contributed by atoms with E-state index in [4.69, 9.17) is 27.9 Å². The number of ether oxygens (including phenoxy) is 1. The van der Waals surface area contributed by atoms with Crippen molar-refractivity contribution in [1.82, 2.24) is 0 Å². The van der Waals surface area contributed by atoms with Gasteiger partial charge in [-0.25, -0.2) is 4.79 Å². The third kappa shape index (κ3) is 6.52. The quantitative estimate of drug-likeness (QED) is 0.177. The van der Waals surface area contributed by atoms with E-state index in [0.717, 1.165) is 32.1 Å². The molecule has 1 fully saturated rings. The molecule has 3 rings (SSSR count). The molecular weight excluding hydrogens is 459 g/mol. The summed E-state index contributed by atoms with van der Waals surface area (Å²) in [5.74, 6) is 0.990. The van der Waals surface area contributed by atoms with E-state index < -0.39 is 4.33 Å². The lowest BCUT2D eigenvalue weighted by atomic mass is 9.84. The van der Waals surface area contributed by atoms with Gasteiger partial charge in [-0.3, -0.25) is 0 Å². The average Bonchev–Trinajstić information content (AvgIpc) is 3.37. The maximum absolute atomic E-state index is 11.7. The van der Waals surface area contributed by atoms with Gasteiger partial charge in [0, 0.05) is 10.8 Å². The fourth-order valence-electron chi connectivity index (χ4n) is 5.03. The Morgan fingerprint density at radius 1 is 1.16 bits per heavy atom. The van der Waals surface area contributed by atoms with Gasteiger partial charge < -0.3 is 4.74 Å². The first-order chi connectivity index (χ1) is 15.4. The van der Waals surface area contributed by atoms with Crippen LogP contribution in [0.2, 0.25) is 0 Å². The van der Waals surface area contributed by atoms with Gasteiger partial charge >= 0.3 is 5.97 Å². The molecule has 1 aromatic carbocycles. The van der Waals surface area contributed by atoms with Crippen molar-refractivity contribution in [2.75, 3.05) is 7.11 Å². The molecule has 3 atom stereocenters. The molecule has 1 saturated carbocycles. The van der Waals surface area contributed by atoms with E-state index in [0.29, 0.717) is 16.7 Å². The van der Waals surface area contributed by atoms with E-state index in [2.05, 4.69) is 38.1 Å². The van der Waals surface area contributed by atoms with Crippen molar-refractivity contribution in [1.29, 1.82) is 0 Å². The zero-order chi connectivity index (χ0) is 23.1. The van der Waals surface area contributed by atoms with Crippen LogP contribution < -0.4 is 0 Å². The molecule has 176 valence electrons. The summed E-state index contributed by atoms with van der Waals surface area (Å²) >= 11 is 15.2. The summed E-state index contributed by atoms with van der Waals surface area (Å²) in [4.78, 5) is 13.6. The Morgan fingerprint density at radius 2 is 1.91 bits per heavy atom. The van der Waals surface area contributed by atoms with E-state index in [1.54, 1.807) is 0 Å². The second-order valence-corrected chi connectivity index (χ2v) is 12.0. The smallest absolute Gasteiger partial charge is 0.348 e. The molecule has 2 aromatic rings. The molecular formula is C27H36Cl2O2S. The van der Waals surface area contributed by atoms with Gasteiger partial charge in [-0.2, -0.15) is 0 Å². The predicted octanol–water partition coefficient (Wildman–Crippen LogP) is 8.91. The number of unbranched alkanes of at least 4 members (excludes halogenated alkanes) is 2. The van der Waals surface area contributed by atoms with Crippen LogP contribution in [0.4, 0.5) is 0 Å². The fraction of sp³-hybridized carbons (Fsp3) is 0.593. The van der Waals surface area contributed by atoms with Gasteiger partial charge in [0.15, 0.2) is 0 Å². The SMILES string of the molecule is CCCCCC(C)c1ccc(C2C(CCCc3ccc(C(=O)OC)s3)CCC2(Cl)Cl)cc1. The molecule has 1 aliphatic rings. The van der Waals surface area contributed by atoms with E-state index in [-0.39, 0.29) is 11.9 Å². The summed E-state index contributed by atoms with van der Waals surface area (Å²) in [5.41, 5.74) is 2.68. The van der Waals surface area contributed by atoms with Crippen LogP contribution in [0.1, 0.15) is 103 Å². The highest BCUT2D eigenvalue weighted by Crippen LogP contribution is 2.55. The highest BCUT2D eigenvalue weighted by molar-refractivity contribution is 7.13. The van der Waals surface area contributed by atoms with Crippen LogP contribution in [-0.2, 0) is 11.2 Å². The molecule has 0 bridgehead atoms. The number of benzene rings is 1. The normalized spacial score (nSPS) is 20.9. The van der Waals surface area contributed by atoms with Gasteiger partial charge in [0.25, 0.3) is 0 Å². The molecule has 0 amide bonds. The minimum absolute atomic E-state index is 0.171. The number of esters is 1. The number of thiophene rings is 1. The van der Waals surface area contributed by atoms with Crippen molar-refractivity contribution in [3.05, 3.63) is 57.3 Å². The van der Waals surface area contributed by atoms with Crippen LogP contribution >= 0.6 is 34.5 Å². The minimum Gasteiger partial charge on any atom is -0.465 e. The first kappa shape index (κ1) is 25.6. The maximum Gasteiger partial charge on any atom is 0.348 e. The van der Waals surface area contributed by atoms with Crippen LogP contribution in [0.3, 0.4) is 0 Å². The largest absolute Gasteiger partial charge is 0.465 e. The molecule has 2 nitrogen and oxygen atoms in total. The molecule has 0 aliphatic heterocycles. The number of carbonyl (C=O) groups excluding carboxylic acids is 1. The van der Waals surface area contributed by atoms with Gasteiger partial charge in [0.1, 0.15) is 9.21 Å². The molecule has 3 unspecified atom stereocenters. The Bertz CT molecular complexity index is 859. The average molecular weight is 496 g/mol. The zero-order valence-corrected chi connectivity index (χ0v) is 21.9. The van der Waals surface area contributed by atoms with Crippen LogP contribution in [0, 0.1) is 5.92 Å². The standard InChI is InChI=1S/C27H36Cl2O2S/c1-4-5-6-8-19(2)20-11-13-22(14-12-20)25-21(17-18-27(25,28)29)9-7-10-23-15-16-24(32-23)26(30)31-3/h11-16,19,21,25H,4-10,17-18H2,1-3H3. The van der Waals surface area contributed by atoms with Crippen LogP contribution in [0.25, 0.3) is 0 Å². The number of rotatable bonds is 11. The van der Waals surface area contributed by atoms with Crippen molar-refractivity contribution in [3.8, 4) is 0 Å². The van der Waals surface area contributed by atoms with Crippen LogP contribution in [0.5, 0.6) is 0 Å². The first-order valence-electron chi connectivity index (χ1n) is 12.0.